The number of ether oxygens (including phenoxy) is 1. The summed E-state index contributed by atoms with van der Waals surface area (Å²) in [6, 6.07) is 3.72. The van der Waals surface area contributed by atoms with Gasteiger partial charge in [-0.2, -0.15) is 0 Å². The molecular formula is C12H15N3O2S. The van der Waals surface area contributed by atoms with Crippen LogP contribution in [0.15, 0.2) is 34.7 Å². The van der Waals surface area contributed by atoms with Gasteiger partial charge in [0.05, 0.1) is 25.1 Å². The van der Waals surface area contributed by atoms with E-state index in [-0.39, 0.29) is 6.61 Å². The van der Waals surface area contributed by atoms with Crippen molar-refractivity contribution in [1.82, 2.24) is 14.5 Å². The van der Waals surface area contributed by atoms with E-state index in [4.69, 9.17) is 9.84 Å². The SMILES string of the molecule is CCOc1cccnc1Sc1ncc(CO)n1C. The minimum absolute atomic E-state index is 0.0232. The Hall–Kier alpha value is -1.53. The van der Waals surface area contributed by atoms with Crippen LogP contribution >= 0.6 is 11.8 Å². The second kappa shape index (κ2) is 5.88. The third-order valence-corrected chi connectivity index (χ3v) is 3.49. The lowest BCUT2D eigenvalue weighted by molar-refractivity contribution is 0.271. The first-order valence-corrected chi connectivity index (χ1v) is 6.45. The number of hydrogen-bond acceptors (Lipinski definition) is 5. The van der Waals surface area contributed by atoms with E-state index in [1.807, 2.05) is 30.7 Å². The highest BCUT2D eigenvalue weighted by atomic mass is 32.2. The number of imidazole rings is 1. The highest BCUT2D eigenvalue weighted by Crippen LogP contribution is 2.32. The first-order valence-electron chi connectivity index (χ1n) is 5.63. The van der Waals surface area contributed by atoms with E-state index in [0.29, 0.717) is 6.61 Å². The maximum atomic E-state index is 9.13. The number of aliphatic hydroxyl groups is 1. The first-order chi connectivity index (χ1) is 8.76. The van der Waals surface area contributed by atoms with Crippen LogP contribution in [0.1, 0.15) is 12.6 Å². The predicted octanol–water partition coefficient (Wildman–Crippen LogP) is 1.86. The molecule has 18 heavy (non-hydrogen) atoms. The van der Waals surface area contributed by atoms with E-state index in [1.54, 1.807) is 12.4 Å². The second-order valence-corrected chi connectivity index (χ2v) is 4.55. The highest BCUT2D eigenvalue weighted by Gasteiger charge is 2.11. The molecule has 6 heteroatoms. The Kier molecular flexibility index (Phi) is 4.22. The maximum absolute atomic E-state index is 9.13. The summed E-state index contributed by atoms with van der Waals surface area (Å²) in [6.45, 7) is 2.51. The molecule has 0 atom stereocenters. The monoisotopic (exact) mass is 265 g/mol. The average Bonchev–Trinajstić information content (AvgIpc) is 2.73. The van der Waals surface area contributed by atoms with Gasteiger partial charge in [-0.15, -0.1) is 0 Å². The van der Waals surface area contributed by atoms with Gasteiger partial charge in [0, 0.05) is 13.2 Å². The molecule has 0 aliphatic heterocycles. The summed E-state index contributed by atoms with van der Waals surface area (Å²) in [6.07, 6.45) is 3.38. The predicted molar refractivity (Wildman–Crippen MR) is 68.7 cm³/mol. The van der Waals surface area contributed by atoms with Gasteiger partial charge in [0.1, 0.15) is 5.03 Å². The fraction of sp³-hybridized carbons (Fsp3) is 0.333. The van der Waals surface area contributed by atoms with Crippen LogP contribution in [0, 0.1) is 0 Å². The van der Waals surface area contributed by atoms with Crippen LogP contribution in [-0.2, 0) is 13.7 Å². The molecule has 2 heterocycles. The zero-order valence-corrected chi connectivity index (χ0v) is 11.1. The van der Waals surface area contributed by atoms with Crippen molar-refractivity contribution in [3.63, 3.8) is 0 Å². The van der Waals surface area contributed by atoms with Gasteiger partial charge in [-0.25, -0.2) is 9.97 Å². The third kappa shape index (κ3) is 2.65. The molecule has 0 saturated heterocycles. The Morgan fingerprint density at radius 2 is 2.28 bits per heavy atom. The largest absolute Gasteiger partial charge is 0.491 e. The smallest absolute Gasteiger partial charge is 0.174 e. The molecule has 0 radical (unpaired) electrons. The molecule has 0 aromatic carbocycles. The molecule has 0 bridgehead atoms. The quantitative estimate of drug-likeness (QED) is 0.894. The maximum Gasteiger partial charge on any atom is 0.174 e. The number of rotatable bonds is 5. The normalized spacial score (nSPS) is 10.6. The summed E-state index contributed by atoms with van der Waals surface area (Å²) in [5.41, 5.74) is 0.770. The zero-order chi connectivity index (χ0) is 13.0. The van der Waals surface area contributed by atoms with Gasteiger partial charge in [0.25, 0.3) is 0 Å². The number of nitrogens with zero attached hydrogens (tertiary/aromatic N) is 3. The van der Waals surface area contributed by atoms with Gasteiger partial charge in [-0.1, -0.05) is 0 Å². The molecule has 5 nitrogen and oxygen atoms in total. The molecule has 2 aromatic heterocycles. The van der Waals surface area contributed by atoms with Crippen molar-refractivity contribution in [3.05, 3.63) is 30.2 Å². The van der Waals surface area contributed by atoms with Gasteiger partial charge in [-0.05, 0) is 30.8 Å². The molecule has 0 saturated carbocycles. The van der Waals surface area contributed by atoms with E-state index < -0.39 is 0 Å². The summed E-state index contributed by atoms with van der Waals surface area (Å²) in [5.74, 6) is 0.749. The first kappa shape index (κ1) is 12.9. The molecule has 1 N–H and O–H groups in total. The van der Waals surface area contributed by atoms with Gasteiger partial charge < -0.3 is 14.4 Å². The Labute approximate surface area is 110 Å². The molecule has 0 fully saturated rings. The van der Waals surface area contributed by atoms with Gasteiger partial charge in [-0.3, -0.25) is 0 Å². The Balaban J connectivity index is 2.25. The van der Waals surface area contributed by atoms with Gasteiger partial charge >= 0.3 is 0 Å². The van der Waals surface area contributed by atoms with Crippen molar-refractivity contribution >= 4 is 11.8 Å². The van der Waals surface area contributed by atoms with Crippen LogP contribution in [0.3, 0.4) is 0 Å². The topological polar surface area (TPSA) is 60.2 Å². The summed E-state index contributed by atoms with van der Waals surface area (Å²) in [5, 5.41) is 10.7. The molecule has 0 unspecified atom stereocenters. The lowest BCUT2D eigenvalue weighted by Crippen LogP contribution is -1.99. The second-order valence-electron chi connectivity index (χ2n) is 3.59. The number of hydrogen-bond donors (Lipinski definition) is 1. The van der Waals surface area contributed by atoms with Crippen LogP contribution in [0.4, 0.5) is 0 Å². The molecule has 0 spiro atoms. The Morgan fingerprint density at radius 1 is 1.44 bits per heavy atom. The molecule has 96 valence electrons. The van der Waals surface area contributed by atoms with E-state index in [9.17, 15) is 0 Å². The minimum Gasteiger partial charge on any atom is -0.491 e. The van der Waals surface area contributed by atoms with Crippen LogP contribution in [0.2, 0.25) is 0 Å². The summed E-state index contributed by atoms with van der Waals surface area (Å²) >= 11 is 1.42. The molecule has 0 amide bonds. The highest BCUT2D eigenvalue weighted by molar-refractivity contribution is 7.99. The molecule has 0 aliphatic rings. The van der Waals surface area contributed by atoms with Crippen molar-refractivity contribution in [1.29, 1.82) is 0 Å². The van der Waals surface area contributed by atoms with E-state index in [2.05, 4.69) is 9.97 Å². The number of aromatic nitrogens is 3. The number of pyridine rings is 1. The zero-order valence-electron chi connectivity index (χ0n) is 10.3. The van der Waals surface area contributed by atoms with Gasteiger partial charge in [0.2, 0.25) is 0 Å². The third-order valence-electron chi connectivity index (χ3n) is 2.43. The van der Waals surface area contributed by atoms with Crippen LogP contribution in [0.5, 0.6) is 5.75 Å². The Bertz CT molecular complexity index is 528. The van der Waals surface area contributed by atoms with Crippen LogP contribution < -0.4 is 4.74 Å². The van der Waals surface area contributed by atoms with Crippen LogP contribution in [0.25, 0.3) is 0 Å². The lowest BCUT2D eigenvalue weighted by atomic mass is 10.5. The van der Waals surface area contributed by atoms with E-state index >= 15 is 0 Å². The average molecular weight is 265 g/mol. The van der Waals surface area contributed by atoms with Crippen molar-refractivity contribution in [2.45, 2.75) is 23.7 Å². The molecule has 0 aliphatic carbocycles. The van der Waals surface area contributed by atoms with Crippen molar-refractivity contribution in [3.8, 4) is 5.75 Å². The lowest BCUT2D eigenvalue weighted by Gasteiger charge is -2.08. The van der Waals surface area contributed by atoms with Gasteiger partial charge in [0.15, 0.2) is 10.9 Å². The fourth-order valence-corrected chi connectivity index (χ4v) is 2.35. The molecular weight excluding hydrogens is 250 g/mol. The fourth-order valence-electron chi connectivity index (χ4n) is 1.47. The summed E-state index contributed by atoms with van der Waals surface area (Å²) in [7, 11) is 1.87. The Morgan fingerprint density at radius 3 is 2.94 bits per heavy atom. The van der Waals surface area contributed by atoms with Crippen LogP contribution in [-0.4, -0.2) is 26.2 Å². The van der Waals surface area contributed by atoms with Crippen molar-refractivity contribution in [2.24, 2.45) is 7.05 Å². The van der Waals surface area contributed by atoms with E-state index in [1.165, 1.54) is 11.8 Å². The standard InChI is InChI=1S/C12H15N3O2S/c1-3-17-10-5-4-6-13-11(10)18-12-14-7-9(8-16)15(12)2/h4-7,16H,3,8H2,1-2H3. The van der Waals surface area contributed by atoms with Crippen molar-refractivity contribution in [2.75, 3.05) is 6.61 Å². The molecule has 2 rings (SSSR count). The van der Waals surface area contributed by atoms with E-state index in [0.717, 1.165) is 21.6 Å². The minimum atomic E-state index is -0.0232. The van der Waals surface area contributed by atoms with Crippen molar-refractivity contribution < 1.29 is 9.84 Å². The summed E-state index contributed by atoms with van der Waals surface area (Å²) < 4.78 is 7.35. The number of aliphatic hydroxyl groups excluding tert-OH is 1. The molecule has 2 aromatic rings. The summed E-state index contributed by atoms with van der Waals surface area (Å²) in [4.78, 5) is 8.54.